The number of hydrogen-bond donors (Lipinski definition) is 0. The van der Waals surface area contributed by atoms with E-state index in [4.69, 9.17) is 0 Å². The summed E-state index contributed by atoms with van der Waals surface area (Å²) in [4.78, 5) is 0. The van der Waals surface area contributed by atoms with Crippen LogP contribution in [0, 0.1) is 0 Å². The summed E-state index contributed by atoms with van der Waals surface area (Å²) in [6.45, 7) is 0. The molecule has 70 heavy (non-hydrogen) atoms. The number of hydrogen-bond acceptors (Lipinski definition) is 0. The van der Waals surface area contributed by atoms with E-state index in [1.165, 1.54) is 97.3 Å². The minimum absolute atomic E-state index is 1.13. The van der Waals surface area contributed by atoms with Gasteiger partial charge in [0.25, 0.3) is 0 Å². The summed E-state index contributed by atoms with van der Waals surface area (Å²) in [6, 6.07) is 101. The van der Waals surface area contributed by atoms with Gasteiger partial charge < -0.3 is 13.7 Å². The standard InChI is InChI=1S/C66H45N3Si/c1-5-21-47(22-6-1)67-61-36-16-13-31-55(61)58-41-39-46(43-65(58)67)54-34-20-35-59-56-32-14-18-38-63(56)69(66(54)59)49-40-42-64-60(45-49)57-33-15-17-37-62(57)68(64)48-23-19-30-53(44-48)70(50-24-7-2-8-25-50,51-26-9-3-10-27-51)52-28-11-4-12-29-52/h1-45H. The van der Waals surface area contributed by atoms with Crippen molar-refractivity contribution >= 4 is 94.2 Å². The van der Waals surface area contributed by atoms with Crippen LogP contribution in [0.2, 0.25) is 0 Å². The quantitative estimate of drug-likeness (QED) is 0.107. The van der Waals surface area contributed by atoms with Crippen LogP contribution in [-0.4, -0.2) is 21.8 Å². The van der Waals surface area contributed by atoms with Crippen LogP contribution in [0.15, 0.2) is 273 Å². The lowest BCUT2D eigenvalue weighted by atomic mass is 10.00. The van der Waals surface area contributed by atoms with Gasteiger partial charge in [0.2, 0.25) is 0 Å². The molecule has 0 saturated carbocycles. The number of aromatic nitrogens is 3. The summed E-state index contributed by atoms with van der Waals surface area (Å²) in [6.07, 6.45) is 0. The molecule has 14 rings (SSSR count). The van der Waals surface area contributed by atoms with Gasteiger partial charge in [0, 0.05) is 54.9 Å². The maximum atomic E-state index is 2.50. The average molecular weight is 908 g/mol. The molecule has 0 N–H and O–H groups in total. The summed E-state index contributed by atoms with van der Waals surface area (Å²) < 4.78 is 7.40. The monoisotopic (exact) mass is 907 g/mol. The highest BCUT2D eigenvalue weighted by molar-refractivity contribution is 7.19. The molecule has 14 aromatic rings. The third-order valence-electron chi connectivity index (χ3n) is 14.8. The van der Waals surface area contributed by atoms with E-state index in [2.05, 4.69) is 287 Å². The van der Waals surface area contributed by atoms with E-state index in [1.807, 2.05) is 0 Å². The third-order valence-corrected chi connectivity index (χ3v) is 19.5. The number of nitrogens with zero attached hydrogens (tertiary/aromatic N) is 3. The Morgan fingerprint density at radius 2 is 0.657 bits per heavy atom. The van der Waals surface area contributed by atoms with Gasteiger partial charge in [-0.15, -0.1) is 0 Å². The van der Waals surface area contributed by atoms with E-state index in [9.17, 15) is 0 Å². The number of para-hydroxylation sites is 5. The van der Waals surface area contributed by atoms with E-state index < -0.39 is 8.07 Å². The molecule has 0 unspecified atom stereocenters. The van der Waals surface area contributed by atoms with Crippen molar-refractivity contribution < 1.29 is 0 Å². The minimum atomic E-state index is -2.77. The van der Waals surface area contributed by atoms with Gasteiger partial charge >= 0.3 is 0 Å². The molecule has 0 bridgehead atoms. The van der Waals surface area contributed by atoms with E-state index in [0.717, 1.165) is 17.1 Å². The average Bonchev–Trinajstić information content (AvgIpc) is 4.08. The second kappa shape index (κ2) is 16.1. The lowest BCUT2D eigenvalue weighted by molar-refractivity contribution is 1.17. The first kappa shape index (κ1) is 40.1. The molecule has 3 heterocycles. The molecule has 4 heteroatoms. The van der Waals surface area contributed by atoms with Crippen LogP contribution in [0.3, 0.4) is 0 Å². The van der Waals surface area contributed by atoms with Crippen molar-refractivity contribution in [3.63, 3.8) is 0 Å². The van der Waals surface area contributed by atoms with Crippen LogP contribution in [-0.2, 0) is 0 Å². The fourth-order valence-corrected chi connectivity index (χ4v) is 16.6. The maximum absolute atomic E-state index is 2.77. The molecule has 0 aliphatic carbocycles. The Kier molecular flexibility index (Phi) is 9.23. The molecule has 0 atom stereocenters. The van der Waals surface area contributed by atoms with E-state index >= 15 is 0 Å². The first-order chi connectivity index (χ1) is 34.8. The molecule has 11 aromatic carbocycles. The minimum Gasteiger partial charge on any atom is -0.309 e. The van der Waals surface area contributed by atoms with Gasteiger partial charge in [0.05, 0.1) is 33.1 Å². The van der Waals surface area contributed by atoms with E-state index in [-0.39, 0.29) is 0 Å². The molecular weight excluding hydrogens is 863 g/mol. The fraction of sp³-hybridized carbons (Fsp3) is 0. The van der Waals surface area contributed by atoms with Gasteiger partial charge in [0.1, 0.15) is 0 Å². The smallest absolute Gasteiger partial charge is 0.179 e. The molecule has 0 radical (unpaired) electrons. The van der Waals surface area contributed by atoms with Crippen LogP contribution in [0.4, 0.5) is 0 Å². The van der Waals surface area contributed by atoms with Crippen molar-refractivity contribution in [3.8, 4) is 28.2 Å². The van der Waals surface area contributed by atoms with Gasteiger partial charge in [-0.05, 0) is 93.0 Å². The van der Waals surface area contributed by atoms with Crippen molar-refractivity contribution in [1.29, 1.82) is 0 Å². The molecule has 328 valence electrons. The molecule has 3 aromatic heterocycles. The molecule has 0 saturated heterocycles. The van der Waals surface area contributed by atoms with Crippen molar-refractivity contribution in [2.24, 2.45) is 0 Å². The van der Waals surface area contributed by atoms with Crippen LogP contribution in [0.5, 0.6) is 0 Å². The van der Waals surface area contributed by atoms with Crippen molar-refractivity contribution in [2.75, 3.05) is 0 Å². The SMILES string of the molecule is c1ccc(-n2c3ccccc3c3ccc(-c4cccc5c6ccccc6n(-c6ccc7c(c6)c6ccccc6n7-c6cccc([Si](c7ccccc7)(c7ccccc7)c7ccccc7)c6)c45)cc32)cc1. The molecule has 0 aliphatic rings. The highest BCUT2D eigenvalue weighted by atomic mass is 28.3. The Morgan fingerprint density at radius 1 is 0.229 bits per heavy atom. The molecule has 0 spiro atoms. The predicted molar refractivity (Wildman–Crippen MR) is 299 cm³/mol. The van der Waals surface area contributed by atoms with Crippen molar-refractivity contribution in [3.05, 3.63) is 273 Å². The Balaban J connectivity index is 0.985. The normalized spacial score (nSPS) is 12.0. The molecule has 3 nitrogen and oxygen atoms in total. The zero-order valence-corrected chi connectivity index (χ0v) is 39.3. The fourth-order valence-electron chi connectivity index (χ4n) is 11.8. The Morgan fingerprint density at radius 3 is 1.29 bits per heavy atom. The van der Waals surface area contributed by atoms with Gasteiger partial charge in [0.15, 0.2) is 8.07 Å². The topological polar surface area (TPSA) is 14.8 Å². The second-order valence-corrected chi connectivity index (χ2v) is 22.2. The van der Waals surface area contributed by atoms with Crippen LogP contribution >= 0.6 is 0 Å². The largest absolute Gasteiger partial charge is 0.309 e. The van der Waals surface area contributed by atoms with Crippen molar-refractivity contribution in [2.45, 2.75) is 0 Å². The van der Waals surface area contributed by atoms with Gasteiger partial charge in [-0.25, -0.2) is 0 Å². The van der Waals surface area contributed by atoms with Crippen LogP contribution in [0.25, 0.3) is 93.6 Å². The second-order valence-electron chi connectivity index (χ2n) is 18.4. The Hall–Kier alpha value is -8.96. The zero-order valence-electron chi connectivity index (χ0n) is 38.3. The number of fused-ring (bicyclic) bond motifs is 9. The van der Waals surface area contributed by atoms with Crippen molar-refractivity contribution in [1.82, 2.24) is 13.7 Å². The molecule has 0 fully saturated rings. The maximum Gasteiger partial charge on any atom is 0.179 e. The summed E-state index contributed by atoms with van der Waals surface area (Å²) >= 11 is 0. The van der Waals surface area contributed by atoms with Gasteiger partial charge in [-0.3, -0.25) is 0 Å². The highest BCUT2D eigenvalue weighted by Crippen LogP contribution is 2.42. The molecule has 0 aliphatic heterocycles. The lowest BCUT2D eigenvalue weighted by Crippen LogP contribution is -2.74. The highest BCUT2D eigenvalue weighted by Gasteiger charge is 2.41. The molecule has 0 amide bonds. The van der Waals surface area contributed by atoms with E-state index in [0.29, 0.717) is 0 Å². The van der Waals surface area contributed by atoms with Crippen LogP contribution in [0.1, 0.15) is 0 Å². The number of benzene rings is 11. The van der Waals surface area contributed by atoms with Gasteiger partial charge in [-0.1, -0.05) is 206 Å². The Bertz CT molecular complexity index is 4180. The van der Waals surface area contributed by atoms with Gasteiger partial charge in [-0.2, -0.15) is 0 Å². The Labute approximate surface area is 407 Å². The zero-order chi connectivity index (χ0) is 46.2. The lowest BCUT2D eigenvalue weighted by Gasteiger charge is -2.34. The summed E-state index contributed by atoms with van der Waals surface area (Å²) in [5.74, 6) is 0. The first-order valence-corrected chi connectivity index (χ1v) is 26.2. The molecular formula is C66H45N3Si. The summed E-state index contributed by atoms with van der Waals surface area (Å²) in [5.41, 5.74) is 13.0. The first-order valence-electron chi connectivity index (χ1n) is 24.2. The third kappa shape index (κ3) is 6.00. The van der Waals surface area contributed by atoms with Crippen LogP contribution < -0.4 is 20.7 Å². The summed E-state index contributed by atoms with van der Waals surface area (Å²) in [7, 11) is -2.77. The number of rotatable bonds is 8. The van der Waals surface area contributed by atoms with E-state index in [1.54, 1.807) is 0 Å². The predicted octanol–water partition coefficient (Wildman–Crippen LogP) is 14.0. The summed E-state index contributed by atoms with van der Waals surface area (Å²) in [5, 5.41) is 12.8.